The second kappa shape index (κ2) is 7.65. The van der Waals surface area contributed by atoms with Crippen molar-refractivity contribution >= 4 is 17.8 Å². The van der Waals surface area contributed by atoms with Crippen molar-refractivity contribution in [1.29, 1.82) is 0 Å². The zero-order valence-electron chi connectivity index (χ0n) is 14.2. The molecular weight excluding hydrogens is 320 g/mol. The molecule has 3 rings (SSSR count). The van der Waals surface area contributed by atoms with E-state index in [0.717, 1.165) is 36.1 Å². The molecule has 0 spiro atoms. The van der Waals surface area contributed by atoms with Crippen molar-refractivity contribution in [3.05, 3.63) is 35.4 Å². The van der Waals surface area contributed by atoms with Gasteiger partial charge in [0.1, 0.15) is 0 Å². The van der Waals surface area contributed by atoms with Crippen LogP contribution in [0.25, 0.3) is 0 Å². The Morgan fingerprint density at radius 2 is 2.08 bits per heavy atom. The van der Waals surface area contributed by atoms with E-state index in [1.165, 1.54) is 0 Å². The van der Waals surface area contributed by atoms with Crippen molar-refractivity contribution in [1.82, 2.24) is 15.5 Å². The Hall–Kier alpha value is -2.41. The number of hydrogen-bond acceptors (Lipinski definition) is 4. The Morgan fingerprint density at radius 3 is 2.80 bits per heavy atom. The maximum Gasteiger partial charge on any atom is 0.324 e. The molecule has 7 nitrogen and oxygen atoms in total. The van der Waals surface area contributed by atoms with Gasteiger partial charge in [0.2, 0.25) is 5.91 Å². The maximum absolute atomic E-state index is 12.6. The molecule has 0 bridgehead atoms. The van der Waals surface area contributed by atoms with Crippen molar-refractivity contribution in [2.24, 2.45) is 11.7 Å². The number of carbonyl (C=O) groups is 3. The van der Waals surface area contributed by atoms with Crippen LogP contribution in [0.5, 0.6) is 0 Å². The number of amides is 4. The van der Waals surface area contributed by atoms with Crippen LogP contribution in [0.1, 0.15) is 41.6 Å². The van der Waals surface area contributed by atoms with Crippen LogP contribution in [-0.2, 0) is 11.3 Å². The van der Waals surface area contributed by atoms with Crippen molar-refractivity contribution in [3.63, 3.8) is 0 Å². The Kier molecular flexibility index (Phi) is 5.33. The fourth-order valence-corrected chi connectivity index (χ4v) is 3.54. The first-order chi connectivity index (χ1) is 12.1. The Labute approximate surface area is 146 Å². The number of rotatable bonds is 5. The fourth-order valence-electron chi connectivity index (χ4n) is 3.54. The largest absolute Gasteiger partial charge is 0.349 e. The van der Waals surface area contributed by atoms with Crippen LogP contribution < -0.4 is 16.4 Å². The van der Waals surface area contributed by atoms with Crippen LogP contribution in [0.15, 0.2) is 24.3 Å². The first-order valence-electron chi connectivity index (χ1n) is 8.76. The molecule has 134 valence electrons. The van der Waals surface area contributed by atoms with Gasteiger partial charge in [0.15, 0.2) is 0 Å². The molecule has 1 aliphatic heterocycles. The molecule has 1 aliphatic carbocycles. The van der Waals surface area contributed by atoms with Gasteiger partial charge in [0, 0.05) is 11.6 Å². The lowest BCUT2D eigenvalue weighted by Gasteiger charge is -2.31. The van der Waals surface area contributed by atoms with Gasteiger partial charge in [-0.25, -0.2) is 4.79 Å². The Bertz CT molecular complexity index is 660. The highest BCUT2D eigenvalue weighted by Crippen LogP contribution is 2.24. The van der Waals surface area contributed by atoms with Gasteiger partial charge < -0.3 is 16.4 Å². The summed E-state index contributed by atoms with van der Waals surface area (Å²) in [6, 6.07) is 6.76. The minimum Gasteiger partial charge on any atom is -0.349 e. The summed E-state index contributed by atoms with van der Waals surface area (Å²) >= 11 is 0. The normalized spacial score (nSPS) is 23.5. The Balaban J connectivity index is 1.67. The molecule has 4 N–H and O–H groups in total. The summed E-state index contributed by atoms with van der Waals surface area (Å²) in [6.07, 6.45) is 4.27. The van der Waals surface area contributed by atoms with Crippen LogP contribution in [0.4, 0.5) is 4.79 Å². The highest BCUT2D eigenvalue weighted by atomic mass is 16.2. The number of carbonyl (C=O) groups excluding carboxylic acids is 3. The van der Waals surface area contributed by atoms with Crippen LogP contribution in [0.2, 0.25) is 0 Å². The predicted octanol–water partition coefficient (Wildman–Crippen LogP) is 0.986. The molecule has 25 heavy (non-hydrogen) atoms. The molecule has 2 unspecified atom stereocenters. The number of benzene rings is 1. The van der Waals surface area contributed by atoms with Gasteiger partial charge in [-0.05, 0) is 43.0 Å². The van der Waals surface area contributed by atoms with Gasteiger partial charge in [-0.3, -0.25) is 14.5 Å². The van der Waals surface area contributed by atoms with Crippen LogP contribution in [-0.4, -0.2) is 41.9 Å². The van der Waals surface area contributed by atoms with E-state index in [1.54, 1.807) is 24.3 Å². The highest BCUT2D eigenvalue weighted by Gasteiger charge is 2.29. The monoisotopic (exact) mass is 344 g/mol. The second-order valence-electron chi connectivity index (χ2n) is 6.70. The molecule has 1 heterocycles. The van der Waals surface area contributed by atoms with Crippen LogP contribution >= 0.6 is 0 Å². The first kappa shape index (κ1) is 17.4. The molecule has 1 saturated heterocycles. The molecule has 0 aromatic heterocycles. The molecular formula is C18H24N4O3. The molecule has 7 heteroatoms. The number of nitrogens with two attached hydrogens (primary N) is 1. The van der Waals surface area contributed by atoms with E-state index in [4.69, 9.17) is 5.73 Å². The summed E-state index contributed by atoms with van der Waals surface area (Å²) in [4.78, 5) is 37.1. The lowest BCUT2D eigenvalue weighted by molar-refractivity contribution is -0.125. The average molecular weight is 344 g/mol. The Morgan fingerprint density at radius 1 is 1.28 bits per heavy atom. The molecule has 1 aromatic rings. The van der Waals surface area contributed by atoms with Gasteiger partial charge in [-0.1, -0.05) is 25.0 Å². The number of hydrogen-bond donors (Lipinski definition) is 3. The molecule has 1 saturated carbocycles. The second-order valence-corrected chi connectivity index (χ2v) is 6.70. The molecule has 2 aliphatic rings. The van der Waals surface area contributed by atoms with Gasteiger partial charge in [0.25, 0.3) is 5.91 Å². The van der Waals surface area contributed by atoms with Gasteiger partial charge >= 0.3 is 6.03 Å². The SMILES string of the molecule is NCC1CCCCC1NC(=O)c1cccc(CN2C(=O)CNC2=O)c1. The molecule has 2 fully saturated rings. The summed E-state index contributed by atoms with van der Waals surface area (Å²) in [5, 5.41) is 5.58. The van der Waals surface area contributed by atoms with Gasteiger partial charge in [0.05, 0.1) is 13.1 Å². The minimum atomic E-state index is -0.396. The average Bonchev–Trinajstić information content (AvgIpc) is 2.94. The summed E-state index contributed by atoms with van der Waals surface area (Å²) in [5.41, 5.74) is 7.10. The first-order valence-corrected chi connectivity index (χ1v) is 8.76. The lowest BCUT2D eigenvalue weighted by Crippen LogP contribution is -2.44. The molecule has 0 radical (unpaired) electrons. The summed E-state index contributed by atoms with van der Waals surface area (Å²) in [6.45, 7) is 0.777. The number of imide groups is 1. The quantitative estimate of drug-likeness (QED) is 0.693. The predicted molar refractivity (Wildman–Crippen MR) is 92.7 cm³/mol. The minimum absolute atomic E-state index is 0.0289. The van der Waals surface area contributed by atoms with Crippen LogP contribution in [0, 0.1) is 5.92 Å². The third kappa shape index (κ3) is 3.99. The van der Waals surface area contributed by atoms with Gasteiger partial charge in [-0.2, -0.15) is 0 Å². The zero-order valence-corrected chi connectivity index (χ0v) is 14.2. The maximum atomic E-state index is 12.6. The van der Waals surface area contributed by atoms with E-state index in [2.05, 4.69) is 10.6 Å². The summed E-state index contributed by atoms with van der Waals surface area (Å²) < 4.78 is 0. The molecule has 2 atom stereocenters. The van der Waals surface area contributed by atoms with E-state index in [1.807, 2.05) is 0 Å². The standard InChI is InChI=1S/C18H24N4O3/c19-9-14-5-1-2-7-15(14)21-17(24)13-6-3-4-12(8-13)11-22-16(23)10-20-18(22)25/h3-4,6,8,14-15H,1-2,5,7,9-11,19H2,(H,20,25)(H,21,24). The van der Waals surface area contributed by atoms with Gasteiger partial charge in [-0.15, -0.1) is 0 Å². The van der Waals surface area contributed by atoms with E-state index < -0.39 is 6.03 Å². The topological polar surface area (TPSA) is 105 Å². The zero-order chi connectivity index (χ0) is 17.8. The van der Waals surface area contributed by atoms with E-state index in [0.29, 0.717) is 18.0 Å². The molecule has 4 amide bonds. The van der Waals surface area contributed by atoms with Crippen LogP contribution in [0.3, 0.4) is 0 Å². The van der Waals surface area contributed by atoms with E-state index in [-0.39, 0.29) is 30.9 Å². The third-order valence-electron chi connectivity index (χ3n) is 5.00. The number of nitrogens with zero attached hydrogens (tertiary/aromatic N) is 1. The van der Waals surface area contributed by atoms with Crippen molar-refractivity contribution < 1.29 is 14.4 Å². The highest BCUT2D eigenvalue weighted by molar-refractivity contribution is 6.02. The number of nitrogens with one attached hydrogen (secondary N) is 2. The lowest BCUT2D eigenvalue weighted by atomic mass is 9.84. The van der Waals surface area contributed by atoms with Crippen molar-refractivity contribution in [2.45, 2.75) is 38.3 Å². The van der Waals surface area contributed by atoms with E-state index in [9.17, 15) is 14.4 Å². The third-order valence-corrected chi connectivity index (χ3v) is 5.00. The van der Waals surface area contributed by atoms with Crippen molar-refractivity contribution in [3.8, 4) is 0 Å². The molecule has 1 aromatic carbocycles. The van der Waals surface area contributed by atoms with Crippen molar-refractivity contribution in [2.75, 3.05) is 13.1 Å². The summed E-state index contributed by atoms with van der Waals surface area (Å²) in [7, 11) is 0. The summed E-state index contributed by atoms with van der Waals surface area (Å²) in [5.74, 6) is -0.0657. The van der Waals surface area contributed by atoms with E-state index >= 15 is 0 Å². The number of urea groups is 1. The fraction of sp³-hybridized carbons (Fsp3) is 0.500. The smallest absolute Gasteiger partial charge is 0.324 e.